The van der Waals surface area contributed by atoms with Gasteiger partial charge < -0.3 is 15.0 Å². The minimum atomic E-state index is -0.700. The predicted octanol–water partition coefficient (Wildman–Crippen LogP) is 0.600. The average Bonchev–Trinajstić information content (AvgIpc) is 2.57. The van der Waals surface area contributed by atoms with E-state index in [1.54, 1.807) is 18.2 Å². The van der Waals surface area contributed by atoms with Crippen LogP contribution in [0.1, 0.15) is 5.56 Å². The maximum Gasteiger partial charge on any atom is 0.325 e. The van der Waals surface area contributed by atoms with Crippen LogP contribution in [0, 0.1) is 5.82 Å². The molecule has 1 aliphatic heterocycles. The quantitative estimate of drug-likeness (QED) is 0.784. The van der Waals surface area contributed by atoms with Gasteiger partial charge in [-0.3, -0.25) is 14.4 Å². The number of amides is 2. The lowest BCUT2D eigenvalue weighted by molar-refractivity contribution is -0.146. The van der Waals surface area contributed by atoms with Gasteiger partial charge in [0, 0.05) is 12.8 Å². The van der Waals surface area contributed by atoms with Gasteiger partial charge >= 0.3 is 5.97 Å². The highest BCUT2D eigenvalue weighted by atomic mass is 32.2. The van der Waals surface area contributed by atoms with Crippen molar-refractivity contribution in [2.45, 2.75) is 17.7 Å². The summed E-state index contributed by atoms with van der Waals surface area (Å²) in [6, 6.07) is 5.62. The smallest absolute Gasteiger partial charge is 0.325 e. The van der Waals surface area contributed by atoms with Crippen LogP contribution < -0.4 is 5.32 Å². The average molecular weight is 354 g/mol. The molecule has 1 aromatic carbocycles. The summed E-state index contributed by atoms with van der Waals surface area (Å²) >= 11 is 1.31. The van der Waals surface area contributed by atoms with Gasteiger partial charge in [-0.05, 0) is 18.1 Å². The number of rotatable bonds is 5. The molecule has 6 nitrogen and oxygen atoms in total. The van der Waals surface area contributed by atoms with Crippen molar-refractivity contribution < 1.29 is 23.5 Å². The Morgan fingerprint density at radius 3 is 2.75 bits per heavy atom. The minimum absolute atomic E-state index is 0.176. The van der Waals surface area contributed by atoms with Crippen LogP contribution in [0.5, 0.6) is 0 Å². The lowest BCUT2D eigenvalue weighted by Gasteiger charge is -2.30. The van der Waals surface area contributed by atoms with Crippen LogP contribution in [0.2, 0.25) is 0 Å². The third-order valence-electron chi connectivity index (χ3n) is 3.70. The maximum atomic E-state index is 13.7. The summed E-state index contributed by atoms with van der Waals surface area (Å²) in [5.41, 5.74) is 0.470. The van der Waals surface area contributed by atoms with E-state index in [2.05, 4.69) is 10.1 Å². The van der Waals surface area contributed by atoms with Crippen molar-refractivity contribution in [3.63, 3.8) is 0 Å². The molecule has 2 amide bonds. The van der Waals surface area contributed by atoms with Gasteiger partial charge in [0.2, 0.25) is 11.8 Å². The van der Waals surface area contributed by atoms with Gasteiger partial charge in [0.05, 0.1) is 12.4 Å². The molecule has 130 valence electrons. The maximum absolute atomic E-state index is 13.7. The van der Waals surface area contributed by atoms with E-state index in [0.29, 0.717) is 11.3 Å². The van der Waals surface area contributed by atoms with Crippen molar-refractivity contribution in [2.24, 2.45) is 0 Å². The van der Waals surface area contributed by atoms with Crippen LogP contribution >= 0.6 is 11.8 Å². The number of carbonyl (C=O) groups excluding carboxylic acids is 3. The molecule has 0 unspecified atom stereocenters. The number of ether oxygens (including phenoxy) is 1. The number of likely N-dealkylation sites (N-methyl/N-ethyl adjacent to an activating group) is 1. The fourth-order valence-corrected chi connectivity index (χ4v) is 3.51. The number of esters is 1. The first kappa shape index (κ1) is 18.3. The molecular formula is C16H19FN2O4S. The van der Waals surface area contributed by atoms with E-state index in [9.17, 15) is 18.8 Å². The van der Waals surface area contributed by atoms with Gasteiger partial charge in [-0.1, -0.05) is 18.2 Å². The van der Waals surface area contributed by atoms with Crippen LogP contribution in [0.25, 0.3) is 0 Å². The first-order chi connectivity index (χ1) is 11.4. The van der Waals surface area contributed by atoms with Gasteiger partial charge in [-0.25, -0.2) is 4.39 Å². The monoisotopic (exact) mass is 354 g/mol. The zero-order chi connectivity index (χ0) is 17.7. The van der Waals surface area contributed by atoms with Crippen LogP contribution in [0.3, 0.4) is 0 Å². The summed E-state index contributed by atoms with van der Waals surface area (Å²) in [4.78, 5) is 36.9. The predicted molar refractivity (Wildman–Crippen MR) is 87.9 cm³/mol. The highest BCUT2D eigenvalue weighted by Crippen LogP contribution is 2.23. The Hall–Kier alpha value is -2.09. The number of halogens is 1. The van der Waals surface area contributed by atoms with E-state index >= 15 is 0 Å². The van der Waals surface area contributed by atoms with E-state index in [0.717, 1.165) is 0 Å². The molecule has 2 atom stereocenters. The molecule has 1 saturated heterocycles. The molecule has 0 radical (unpaired) electrons. The molecular weight excluding hydrogens is 335 g/mol. The van der Waals surface area contributed by atoms with Crippen molar-refractivity contribution in [1.82, 2.24) is 10.2 Å². The molecule has 1 aliphatic rings. The molecule has 1 aromatic rings. The zero-order valence-electron chi connectivity index (χ0n) is 13.5. The van der Waals surface area contributed by atoms with E-state index in [1.807, 2.05) is 0 Å². The molecule has 0 spiro atoms. The molecule has 0 aliphatic carbocycles. The lowest BCUT2D eigenvalue weighted by Crippen LogP contribution is -2.55. The van der Waals surface area contributed by atoms with Crippen molar-refractivity contribution in [3.05, 3.63) is 35.6 Å². The molecule has 0 aromatic heterocycles. The summed E-state index contributed by atoms with van der Waals surface area (Å²) in [5, 5.41) is 2.21. The van der Waals surface area contributed by atoms with Gasteiger partial charge in [-0.15, -0.1) is 11.8 Å². The SMILES string of the molecule is COC(=O)CN(C)C(=O)[C@H]1CS[C@@H](Cc2ccccc2F)C(=O)N1. The second-order valence-electron chi connectivity index (χ2n) is 5.45. The minimum Gasteiger partial charge on any atom is -0.468 e. The van der Waals surface area contributed by atoms with Gasteiger partial charge in [0.1, 0.15) is 18.4 Å². The molecule has 2 rings (SSSR count). The topological polar surface area (TPSA) is 75.7 Å². The molecule has 1 fully saturated rings. The third kappa shape index (κ3) is 4.47. The van der Waals surface area contributed by atoms with Crippen LogP contribution in [-0.2, 0) is 25.5 Å². The Labute approximate surface area is 143 Å². The number of methoxy groups -OCH3 is 1. The Balaban J connectivity index is 1.93. The van der Waals surface area contributed by atoms with Crippen molar-refractivity contribution in [3.8, 4) is 0 Å². The van der Waals surface area contributed by atoms with Crippen molar-refractivity contribution in [2.75, 3.05) is 26.5 Å². The molecule has 0 bridgehead atoms. The zero-order valence-corrected chi connectivity index (χ0v) is 14.3. The molecule has 0 saturated carbocycles. The van der Waals surface area contributed by atoms with Crippen molar-refractivity contribution in [1.29, 1.82) is 0 Å². The van der Waals surface area contributed by atoms with Crippen LogP contribution in [0.4, 0.5) is 4.39 Å². The number of hydrogen-bond donors (Lipinski definition) is 1. The number of benzene rings is 1. The molecule has 24 heavy (non-hydrogen) atoms. The van der Waals surface area contributed by atoms with E-state index in [4.69, 9.17) is 0 Å². The first-order valence-electron chi connectivity index (χ1n) is 7.39. The van der Waals surface area contributed by atoms with Gasteiger partial charge in [0.15, 0.2) is 0 Å². The Bertz CT molecular complexity index is 640. The fraction of sp³-hybridized carbons (Fsp3) is 0.438. The summed E-state index contributed by atoms with van der Waals surface area (Å²) in [6.45, 7) is -0.176. The largest absolute Gasteiger partial charge is 0.468 e. The number of hydrogen-bond acceptors (Lipinski definition) is 5. The normalized spacial score (nSPS) is 20.2. The number of carbonyl (C=O) groups is 3. The highest BCUT2D eigenvalue weighted by molar-refractivity contribution is 8.00. The lowest BCUT2D eigenvalue weighted by atomic mass is 10.1. The Morgan fingerprint density at radius 2 is 2.12 bits per heavy atom. The summed E-state index contributed by atoms with van der Waals surface area (Å²) < 4.78 is 18.2. The first-order valence-corrected chi connectivity index (χ1v) is 8.44. The summed E-state index contributed by atoms with van der Waals surface area (Å²) in [6.07, 6.45) is 0.266. The third-order valence-corrected chi connectivity index (χ3v) is 5.01. The summed E-state index contributed by atoms with van der Waals surface area (Å²) in [5.74, 6) is -1.17. The second-order valence-corrected chi connectivity index (χ2v) is 6.68. The standard InChI is InChI=1S/C16H19FN2O4S/c1-19(8-14(20)23-2)16(22)12-9-24-13(15(21)18-12)7-10-5-3-4-6-11(10)17/h3-6,12-13H,7-9H2,1-2H3,(H,18,21)/t12-,13+/m1/s1. The van der Waals surface area contributed by atoms with Crippen LogP contribution in [-0.4, -0.2) is 60.4 Å². The van der Waals surface area contributed by atoms with Gasteiger partial charge in [0.25, 0.3) is 0 Å². The molecule has 8 heteroatoms. The Morgan fingerprint density at radius 1 is 1.42 bits per heavy atom. The van der Waals surface area contributed by atoms with E-state index < -0.39 is 17.3 Å². The second kappa shape index (κ2) is 8.14. The number of nitrogens with one attached hydrogen (secondary N) is 1. The van der Waals surface area contributed by atoms with Crippen molar-refractivity contribution >= 4 is 29.5 Å². The molecule has 1 N–H and O–H groups in total. The fourth-order valence-electron chi connectivity index (χ4n) is 2.34. The van der Waals surface area contributed by atoms with E-state index in [-0.39, 0.29) is 30.6 Å². The Kier molecular flexibility index (Phi) is 6.19. The van der Waals surface area contributed by atoms with Gasteiger partial charge in [-0.2, -0.15) is 0 Å². The summed E-state index contributed by atoms with van der Waals surface area (Å²) in [7, 11) is 2.72. The number of nitrogens with zero attached hydrogens (tertiary/aromatic N) is 1. The highest BCUT2D eigenvalue weighted by Gasteiger charge is 2.34. The number of thioether (sulfide) groups is 1. The van der Waals surface area contributed by atoms with Crippen LogP contribution in [0.15, 0.2) is 24.3 Å². The molecule has 1 heterocycles. The van der Waals surface area contributed by atoms with E-state index in [1.165, 1.54) is 36.9 Å².